The van der Waals surface area contributed by atoms with Crippen LogP contribution in [0, 0.1) is 0 Å². The van der Waals surface area contributed by atoms with E-state index in [1.165, 1.54) is 17.3 Å². The van der Waals surface area contributed by atoms with Gasteiger partial charge in [0, 0.05) is 13.1 Å². The van der Waals surface area contributed by atoms with E-state index >= 15 is 0 Å². The number of nitrogens with two attached hydrogens (primary N) is 1. The van der Waals surface area contributed by atoms with E-state index in [1.54, 1.807) is 21.9 Å². The maximum absolute atomic E-state index is 12.3. The lowest BCUT2D eigenvalue weighted by molar-refractivity contribution is -0.118. The topological polar surface area (TPSA) is 127 Å². The summed E-state index contributed by atoms with van der Waals surface area (Å²) in [5.41, 5.74) is 6.50. The average Bonchev–Trinajstić information content (AvgIpc) is 3.17. The van der Waals surface area contributed by atoms with Crippen LogP contribution in [0.25, 0.3) is 5.70 Å². The minimum Gasteiger partial charge on any atom is -0.369 e. The minimum absolute atomic E-state index is 0.103. The molecule has 2 aliphatic heterocycles. The van der Waals surface area contributed by atoms with Gasteiger partial charge in [0.05, 0.1) is 49.5 Å². The fraction of sp³-hybridized carbons (Fsp3) is 0.400. The maximum Gasteiger partial charge on any atom is 0.345 e. The second-order valence-electron chi connectivity index (χ2n) is 6.11. The summed E-state index contributed by atoms with van der Waals surface area (Å²) in [4.78, 5) is 42.6. The highest BCUT2D eigenvalue weighted by Gasteiger charge is 2.41. The molecule has 0 spiro atoms. The SMILES string of the molecule is C=CCON1C(=O)N2CC(n3cc(CN([B]C=O)CC(N)=O)nn3)=CC1C2. The molecule has 141 valence electrons. The molecule has 3 amide bonds. The molecule has 1 saturated heterocycles. The van der Waals surface area contributed by atoms with Gasteiger partial charge in [0.15, 0.2) is 0 Å². The summed E-state index contributed by atoms with van der Waals surface area (Å²) in [5.74, 6) is -0.557. The third-order valence-electron chi connectivity index (χ3n) is 4.07. The number of hydrogen-bond acceptors (Lipinski definition) is 7. The van der Waals surface area contributed by atoms with Crippen molar-refractivity contribution in [1.29, 1.82) is 0 Å². The van der Waals surface area contributed by atoms with Gasteiger partial charge in [-0.3, -0.25) is 9.63 Å². The number of carbonyl (C=O) groups excluding carboxylic acids is 3. The van der Waals surface area contributed by atoms with Crippen LogP contribution in [0.3, 0.4) is 0 Å². The van der Waals surface area contributed by atoms with Crippen LogP contribution >= 0.6 is 0 Å². The summed E-state index contributed by atoms with van der Waals surface area (Å²) in [7, 11) is 1.23. The molecule has 27 heavy (non-hydrogen) atoms. The van der Waals surface area contributed by atoms with E-state index in [2.05, 4.69) is 16.9 Å². The quantitative estimate of drug-likeness (QED) is 0.299. The van der Waals surface area contributed by atoms with Crippen molar-refractivity contribution in [3.63, 3.8) is 0 Å². The summed E-state index contributed by atoms with van der Waals surface area (Å²) in [6.45, 7) is 4.84. The Bertz CT molecular complexity index is 780. The van der Waals surface area contributed by atoms with E-state index in [-0.39, 0.29) is 31.8 Å². The van der Waals surface area contributed by atoms with Gasteiger partial charge in [-0.15, -0.1) is 11.7 Å². The first-order chi connectivity index (χ1) is 13.0. The van der Waals surface area contributed by atoms with Crippen LogP contribution in [0.2, 0.25) is 0 Å². The zero-order chi connectivity index (χ0) is 19.4. The molecule has 2 bridgehead atoms. The predicted octanol–water partition coefficient (Wildman–Crippen LogP) is -1.55. The summed E-state index contributed by atoms with van der Waals surface area (Å²) in [6, 6.07) is -0.426. The predicted molar refractivity (Wildman–Crippen MR) is 95.1 cm³/mol. The molecule has 3 heterocycles. The van der Waals surface area contributed by atoms with Crippen molar-refractivity contribution in [2.75, 3.05) is 26.2 Å². The zero-order valence-corrected chi connectivity index (χ0v) is 14.6. The molecular weight excluding hydrogens is 353 g/mol. The summed E-state index contributed by atoms with van der Waals surface area (Å²) < 4.78 is 1.57. The number of amides is 3. The molecule has 0 aromatic carbocycles. The van der Waals surface area contributed by atoms with Gasteiger partial charge in [0.25, 0.3) is 7.41 Å². The lowest BCUT2D eigenvalue weighted by Gasteiger charge is -2.21. The molecule has 3 rings (SSSR count). The molecule has 2 aliphatic rings. The molecule has 12 heteroatoms. The molecule has 1 aromatic rings. The van der Waals surface area contributed by atoms with Crippen LogP contribution in [0.4, 0.5) is 4.79 Å². The Hall–Kier alpha value is -2.99. The highest BCUT2D eigenvalue weighted by Crippen LogP contribution is 2.26. The van der Waals surface area contributed by atoms with E-state index in [9.17, 15) is 14.4 Å². The Morgan fingerprint density at radius 3 is 3.07 bits per heavy atom. The summed E-state index contributed by atoms with van der Waals surface area (Å²) >= 11 is 0. The van der Waals surface area contributed by atoms with Gasteiger partial charge >= 0.3 is 6.03 Å². The van der Waals surface area contributed by atoms with Gasteiger partial charge in [0.2, 0.25) is 5.91 Å². The van der Waals surface area contributed by atoms with Crippen LogP contribution in [0.5, 0.6) is 0 Å². The molecule has 1 atom stereocenters. The second kappa shape index (κ2) is 8.14. The van der Waals surface area contributed by atoms with Gasteiger partial charge in [-0.2, -0.15) is 5.06 Å². The zero-order valence-electron chi connectivity index (χ0n) is 14.6. The van der Waals surface area contributed by atoms with Crippen LogP contribution in [0.15, 0.2) is 24.9 Å². The number of hydroxylamine groups is 2. The Balaban J connectivity index is 1.71. The standard InChI is InChI=1S/C15H19BN7O4/c1-2-3-27-23-13-4-12(7-20(8-13)15(23)26)22-6-11(18-19-22)5-21(16-10-24)9-14(17)25/h2,4,6,10,13H,1,3,5,7-9H2,(H2,17,25). The van der Waals surface area contributed by atoms with Crippen molar-refractivity contribution in [2.45, 2.75) is 12.6 Å². The Kier molecular flexibility index (Phi) is 5.67. The largest absolute Gasteiger partial charge is 0.369 e. The average molecular weight is 372 g/mol. The van der Waals surface area contributed by atoms with Gasteiger partial charge < -0.3 is 20.2 Å². The molecule has 1 aromatic heterocycles. The fourth-order valence-corrected chi connectivity index (χ4v) is 2.98. The monoisotopic (exact) mass is 372 g/mol. The van der Waals surface area contributed by atoms with Gasteiger partial charge in [-0.05, 0) is 6.08 Å². The summed E-state index contributed by atoms with van der Waals surface area (Å²) in [5, 5.41) is 9.47. The fourth-order valence-electron chi connectivity index (χ4n) is 2.98. The van der Waals surface area contributed by atoms with E-state index < -0.39 is 5.91 Å². The number of rotatable bonds is 10. The molecule has 1 unspecified atom stereocenters. The third kappa shape index (κ3) is 4.23. The molecular formula is C15H19BN7O4. The third-order valence-corrected chi connectivity index (χ3v) is 4.07. The van der Waals surface area contributed by atoms with E-state index in [4.69, 9.17) is 10.6 Å². The Morgan fingerprint density at radius 1 is 1.56 bits per heavy atom. The second-order valence-corrected chi connectivity index (χ2v) is 6.11. The first kappa shape index (κ1) is 18.8. The van der Waals surface area contributed by atoms with Gasteiger partial charge in [0.1, 0.15) is 0 Å². The number of fused-ring (bicyclic) bond motifs is 2. The molecule has 11 nitrogen and oxygen atoms in total. The Labute approximate surface area is 156 Å². The van der Waals surface area contributed by atoms with Crippen molar-refractivity contribution < 1.29 is 19.2 Å². The molecule has 1 radical (unpaired) electrons. The number of hydrogen-bond donors (Lipinski definition) is 1. The van der Waals surface area contributed by atoms with Crippen LogP contribution in [-0.4, -0.2) is 87.6 Å². The molecule has 0 aliphatic carbocycles. The Morgan fingerprint density at radius 2 is 2.37 bits per heavy atom. The number of urea groups is 1. The van der Waals surface area contributed by atoms with Crippen LogP contribution < -0.4 is 5.73 Å². The van der Waals surface area contributed by atoms with Crippen molar-refractivity contribution in [3.05, 3.63) is 30.6 Å². The lowest BCUT2D eigenvalue weighted by Crippen LogP contribution is -2.36. The van der Waals surface area contributed by atoms with Gasteiger partial charge in [-0.1, -0.05) is 11.3 Å². The first-order valence-electron chi connectivity index (χ1n) is 8.27. The molecule has 0 saturated carbocycles. The number of aromatic nitrogens is 3. The van der Waals surface area contributed by atoms with Crippen LogP contribution in [-0.2, 0) is 21.0 Å². The maximum atomic E-state index is 12.3. The van der Waals surface area contributed by atoms with Crippen molar-refractivity contribution >= 4 is 31.2 Å². The minimum atomic E-state index is -0.557. The highest BCUT2D eigenvalue weighted by molar-refractivity contribution is 6.64. The first-order valence-corrected chi connectivity index (χ1v) is 8.27. The lowest BCUT2D eigenvalue weighted by atomic mass is 9.94. The number of primary amides is 1. The van der Waals surface area contributed by atoms with Crippen LogP contribution in [0.1, 0.15) is 5.69 Å². The van der Waals surface area contributed by atoms with E-state index in [0.29, 0.717) is 25.0 Å². The van der Waals surface area contributed by atoms with Crippen molar-refractivity contribution in [3.8, 4) is 0 Å². The van der Waals surface area contributed by atoms with Crippen molar-refractivity contribution in [2.24, 2.45) is 5.73 Å². The van der Waals surface area contributed by atoms with Crippen molar-refractivity contribution in [1.82, 2.24) is 29.8 Å². The molecule has 2 N–H and O–H groups in total. The number of carbonyl (C=O) groups is 3. The number of nitrogens with zero attached hydrogens (tertiary/aromatic N) is 6. The highest BCUT2D eigenvalue weighted by atomic mass is 16.7. The van der Waals surface area contributed by atoms with E-state index in [0.717, 1.165) is 5.70 Å². The summed E-state index contributed by atoms with van der Waals surface area (Å²) in [6.07, 6.45) is 5.74. The van der Waals surface area contributed by atoms with E-state index in [1.807, 2.05) is 6.08 Å². The smallest absolute Gasteiger partial charge is 0.345 e. The normalized spacial score (nSPS) is 18.6. The van der Waals surface area contributed by atoms with Gasteiger partial charge in [-0.25, -0.2) is 9.48 Å². The molecule has 1 fully saturated rings.